The molecule has 2 aromatic carbocycles. The maximum atomic E-state index is 6.92. The highest BCUT2D eigenvalue weighted by Crippen LogP contribution is 2.40. The van der Waals surface area contributed by atoms with Gasteiger partial charge in [0.2, 0.25) is 0 Å². The van der Waals surface area contributed by atoms with E-state index in [1.807, 2.05) is 48.5 Å². The van der Waals surface area contributed by atoms with Crippen molar-refractivity contribution >= 4 is 58.1 Å². The summed E-state index contributed by atoms with van der Waals surface area (Å²) in [6, 6.07) is 14.8. The fraction of sp³-hybridized carbons (Fsp3) is 0.333. The van der Waals surface area contributed by atoms with E-state index in [2.05, 4.69) is 38.3 Å². The van der Waals surface area contributed by atoms with Crippen LogP contribution in [0.25, 0.3) is 0 Å². The van der Waals surface area contributed by atoms with E-state index in [1.54, 1.807) is 6.20 Å². The van der Waals surface area contributed by atoms with Crippen molar-refractivity contribution in [2.24, 2.45) is 21.3 Å². The van der Waals surface area contributed by atoms with Crippen molar-refractivity contribution in [1.82, 2.24) is 10.6 Å². The number of rotatable bonds is 6. The van der Waals surface area contributed by atoms with Crippen molar-refractivity contribution < 1.29 is 0 Å². The molecule has 2 N–H and O–H groups in total. The van der Waals surface area contributed by atoms with Gasteiger partial charge in [-0.05, 0) is 54.2 Å². The Hall–Kier alpha value is -1.98. The van der Waals surface area contributed by atoms with Gasteiger partial charge in [-0.3, -0.25) is 9.98 Å². The summed E-state index contributed by atoms with van der Waals surface area (Å²) in [5, 5.41) is 9.33. The second kappa shape index (κ2) is 10.6. The Kier molecular flexibility index (Phi) is 7.87. The summed E-state index contributed by atoms with van der Waals surface area (Å²) < 4.78 is 0. The molecule has 0 saturated carbocycles. The van der Waals surface area contributed by atoms with Crippen molar-refractivity contribution in [3.63, 3.8) is 0 Å². The Labute approximate surface area is 227 Å². The third kappa shape index (κ3) is 5.72. The van der Waals surface area contributed by atoms with Gasteiger partial charge in [0.1, 0.15) is 11.7 Å². The number of hydrogen-bond acceptors (Lipinski definition) is 4. The number of aliphatic imine (C=N–C) groups is 2. The molecule has 2 unspecified atom stereocenters. The molecule has 4 nitrogen and oxygen atoms in total. The summed E-state index contributed by atoms with van der Waals surface area (Å²) in [7, 11) is 0. The molecule has 0 aromatic heterocycles. The molecular formula is C27H28Cl4N4. The lowest BCUT2D eigenvalue weighted by molar-refractivity contribution is 0.311. The van der Waals surface area contributed by atoms with Crippen LogP contribution in [-0.2, 0) is 0 Å². The summed E-state index contributed by atoms with van der Waals surface area (Å²) in [5.74, 6) is 1.71. The highest BCUT2D eigenvalue weighted by molar-refractivity contribution is 6.35. The minimum Gasteiger partial charge on any atom is -0.345 e. The standard InChI is InChI=1S/C27H28Cl4N4/c1-15(2)23-22(31)21(33-25(34-23)16-9-11-17(28)12-10-16)13-27(3,4)24-20(30)14-32-26(35-24)18-7-5-6-8-19(18)29/h5-12,14-15,23-24H,13H2,1-4H3,(H,32,35)(H,33,34). The van der Waals surface area contributed by atoms with Crippen molar-refractivity contribution in [1.29, 1.82) is 0 Å². The monoisotopic (exact) mass is 548 g/mol. The molecule has 0 bridgehead atoms. The van der Waals surface area contributed by atoms with Crippen molar-refractivity contribution in [3.8, 4) is 0 Å². The predicted octanol–water partition coefficient (Wildman–Crippen LogP) is 7.73. The summed E-state index contributed by atoms with van der Waals surface area (Å²) in [6.45, 7) is 8.53. The van der Waals surface area contributed by atoms with E-state index >= 15 is 0 Å². The van der Waals surface area contributed by atoms with Crippen LogP contribution >= 0.6 is 46.4 Å². The molecule has 0 saturated heterocycles. The Balaban J connectivity index is 1.65. The molecule has 4 rings (SSSR count). The molecule has 2 aliphatic heterocycles. The van der Waals surface area contributed by atoms with E-state index < -0.39 is 0 Å². The number of benzene rings is 2. The van der Waals surface area contributed by atoms with Gasteiger partial charge >= 0.3 is 0 Å². The Morgan fingerprint density at radius 3 is 2.26 bits per heavy atom. The van der Waals surface area contributed by atoms with Gasteiger partial charge in [-0.1, -0.05) is 86.2 Å². The van der Waals surface area contributed by atoms with E-state index in [4.69, 9.17) is 56.4 Å². The number of halogens is 4. The van der Waals surface area contributed by atoms with Crippen LogP contribution in [0.4, 0.5) is 0 Å². The number of nitrogens with one attached hydrogen (secondary N) is 2. The average molecular weight is 550 g/mol. The first-order valence-electron chi connectivity index (χ1n) is 11.5. The molecular weight excluding hydrogens is 522 g/mol. The van der Waals surface area contributed by atoms with Gasteiger partial charge in [0, 0.05) is 28.0 Å². The van der Waals surface area contributed by atoms with Gasteiger partial charge in [0.25, 0.3) is 0 Å². The fourth-order valence-electron chi connectivity index (χ4n) is 4.28. The molecule has 2 aliphatic rings. The van der Waals surface area contributed by atoms with Crippen LogP contribution in [-0.4, -0.2) is 23.8 Å². The minimum atomic E-state index is -0.366. The van der Waals surface area contributed by atoms with Crippen LogP contribution in [0, 0.1) is 11.3 Å². The van der Waals surface area contributed by atoms with Gasteiger partial charge in [0.05, 0.1) is 27.2 Å². The molecule has 0 radical (unpaired) electrons. The lowest BCUT2D eigenvalue weighted by atomic mass is 9.79. The second-order valence-corrected chi connectivity index (χ2v) is 11.5. The van der Waals surface area contributed by atoms with Gasteiger partial charge in [-0.15, -0.1) is 0 Å². The summed E-state index contributed by atoms with van der Waals surface area (Å²) in [5.41, 5.74) is 2.35. The zero-order chi connectivity index (χ0) is 25.3. The second-order valence-electron chi connectivity index (χ2n) is 9.82. The smallest absolute Gasteiger partial charge is 0.134 e. The SMILES string of the molecule is CC(C)C1N=C(c2ccc(Cl)cc2)NC(CC(C)(C)C2N=C(c3ccccc3Cl)NC=C2Cl)=C1Cl. The highest BCUT2D eigenvalue weighted by Gasteiger charge is 2.37. The molecule has 2 heterocycles. The topological polar surface area (TPSA) is 48.8 Å². The summed E-state index contributed by atoms with van der Waals surface area (Å²) >= 11 is 26.1. The van der Waals surface area contributed by atoms with Crippen LogP contribution in [0.2, 0.25) is 10.0 Å². The summed E-state index contributed by atoms with van der Waals surface area (Å²) in [4.78, 5) is 9.89. The van der Waals surface area contributed by atoms with E-state index in [0.29, 0.717) is 27.3 Å². The van der Waals surface area contributed by atoms with E-state index in [9.17, 15) is 0 Å². The maximum absolute atomic E-state index is 6.92. The molecule has 8 heteroatoms. The molecule has 0 spiro atoms. The van der Waals surface area contributed by atoms with Gasteiger partial charge < -0.3 is 10.6 Å². The van der Waals surface area contributed by atoms with Crippen molar-refractivity contribution in [2.45, 2.75) is 46.2 Å². The van der Waals surface area contributed by atoms with Crippen LogP contribution < -0.4 is 10.6 Å². The minimum absolute atomic E-state index is 0.143. The zero-order valence-corrected chi connectivity index (χ0v) is 23.1. The highest BCUT2D eigenvalue weighted by atomic mass is 35.5. The van der Waals surface area contributed by atoms with Gasteiger partial charge in [-0.25, -0.2) is 0 Å². The van der Waals surface area contributed by atoms with E-state index in [0.717, 1.165) is 27.7 Å². The van der Waals surface area contributed by atoms with Crippen molar-refractivity contribution in [2.75, 3.05) is 0 Å². The number of nitrogens with zero attached hydrogens (tertiary/aromatic N) is 2. The van der Waals surface area contributed by atoms with Crippen LogP contribution in [0.5, 0.6) is 0 Å². The predicted molar refractivity (Wildman–Crippen MR) is 150 cm³/mol. The molecule has 35 heavy (non-hydrogen) atoms. The number of allylic oxidation sites excluding steroid dienone is 1. The first kappa shape index (κ1) is 26.1. The van der Waals surface area contributed by atoms with Gasteiger partial charge in [-0.2, -0.15) is 0 Å². The van der Waals surface area contributed by atoms with E-state index in [1.165, 1.54) is 0 Å². The van der Waals surface area contributed by atoms with Crippen molar-refractivity contribution in [3.05, 3.63) is 91.7 Å². The van der Waals surface area contributed by atoms with Gasteiger partial charge in [0.15, 0.2) is 0 Å². The lowest BCUT2D eigenvalue weighted by Gasteiger charge is -2.37. The zero-order valence-electron chi connectivity index (χ0n) is 20.0. The molecule has 0 aliphatic carbocycles. The number of hydrogen-bond donors (Lipinski definition) is 2. The molecule has 2 aromatic rings. The van der Waals surface area contributed by atoms with Crippen LogP contribution in [0.15, 0.2) is 80.5 Å². The quantitative estimate of drug-likeness (QED) is 0.387. The molecule has 184 valence electrons. The molecule has 2 atom stereocenters. The van der Waals surface area contributed by atoms with Crippen LogP contribution in [0.3, 0.4) is 0 Å². The Bertz CT molecular complexity index is 1230. The molecule has 0 amide bonds. The Morgan fingerprint density at radius 2 is 1.60 bits per heavy atom. The first-order valence-corrected chi connectivity index (χ1v) is 13.0. The lowest BCUT2D eigenvalue weighted by Crippen LogP contribution is -2.40. The summed E-state index contributed by atoms with van der Waals surface area (Å²) in [6.07, 6.45) is 2.41. The average Bonchev–Trinajstić information content (AvgIpc) is 2.81. The fourth-order valence-corrected chi connectivity index (χ4v) is 5.44. The third-order valence-electron chi connectivity index (χ3n) is 6.20. The first-order chi connectivity index (χ1) is 16.6. The van der Waals surface area contributed by atoms with Crippen LogP contribution in [0.1, 0.15) is 45.2 Å². The molecule has 0 fully saturated rings. The normalized spacial score (nSPS) is 20.7. The third-order valence-corrected chi connectivity index (χ3v) is 7.55. The largest absolute Gasteiger partial charge is 0.345 e. The Morgan fingerprint density at radius 1 is 0.914 bits per heavy atom. The number of amidine groups is 2. The van der Waals surface area contributed by atoms with E-state index in [-0.39, 0.29) is 23.4 Å². The maximum Gasteiger partial charge on any atom is 0.134 e.